The van der Waals surface area contributed by atoms with Crippen molar-refractivity contribution in [1.82, 2.24) is 0 Å². The van der Waals surface area contributed by atoms with Crippen LogP contribution >= 0.6 is 11.3 Å². The van der Waals surface area contributed by atoms with Crippen LogP contribution in [0.1, 0.15) is 27.0 Å². The van der Waals surface area contributed by atoms with Gasteiger partial charge in [-0.1, -0.05) is 0 Å². The predicted octanol–water partition coefficient (Wildman–Crippen LogP) is 1.89. The molecule has 0 saturated heterocycles. The number of rotatable bonds is 2. The molecule has 0 aliphatic carbocycles. The van der Waals surface area contributed by atoms with Crippen molar-refractivity contribution in [3.05, 3.63) is 21.4 Å². The average molecular weight is 183 g/mol. The molecule has 0 bridgehead atoms. The molecule has 0 aromatic carbocycles. The molecular formula is C9H13NOS. The first-order chi connectivity index (χ1) is 5.52. The van der Waals surface area contributed by atoms with Crippen molar-refractivity contribution >= 4 is 17.1 Å². The monoisotopic (exact) mass is 183 g/mol. The van der Waals surface area contributed by atoms with E-state index in [9.17, 15) is 4.79 Å². The molecule has 0 radical (unpaired) electrons. The van der Waals surface area contributed by atoms with E-state index in [4.69, 9.17) is 5.73 Å². The Morgan fingerprint density at radius 3 is 2.50 bits per heavy atom. The summed E-state index contributed by atoms with van der Waals surface area (Å²) in [4.78, 5) is 13.7. The van der Waals surface area contributed by atoms with Crippen LogP contribution in [0.4, 0.5) is 0 Å². The third-order valence-electron chi connectivity index (χ3n) is 1.72. The number of carbonyl (C=O) groups excluding carboxylic acids is 1. The Balaban J connectivity index is 3.02. The van der Waals surface area contributed by atoms with Crippen molar-refractivity contribution in [1.29, 1.82) is 0 Å². The summed E-state index contributed by atoms with van der Waals surface area (Å²) in [6.45, 7) is 5.66. The molecule has 0 amide bonds. The highest BCUT2D eigenvalue weighted by molar-refractivity contribution is 7.12. The number of aryl methyl sites for hydroxylation is 2. The van der Waals surface area contributed by atoms with Gasteiger partial charge in [0, 0.05) is 15.3 Å². The van der Waals surface area contributed by atoms with E-state index in [-0.39, 0.29) is 5.78 Å². The second-order valence-electron chi connectivity index (χ2n) is 2.98. The lowest BCUT2D eigenvalue weighted by Gasteiger charge is -2.01. The zero-order valence-corrected chi connectivity index (χ0v) is 8.37. The van der Waals surface area contributed by atoms with Gasteiger partial charge in [0.05, 0.1) is 6.04 Å². The van der Waals surface area contributed by atoms with Crippen molar-refractivity contribution in [3.63, 3.8) is 0 Å². The zero-order valence-electron chi connectivity index (χ0n) is 7.55. The highest BCUT2D eigenvalue weighted by Crippen LogP contribution is 2.21. The fourth-order valence-electron chi connectivity index (χ4n) is 1.12. The first kappa shape index (κ1) is 9.42. The fraction of sp³-hybridized carbons (Fsp3) is 0.444. The van der Waals surface area contributed by atoms with Gasteiger partial charge in [0.2, 0.25) is 0 Å². The molecular weight excluding hydrogens is 170 g/mol. The average Bonchev–Trinajstić information content (AvgIpc) is 2.28. The van der Waals surface area contributed by atoms with Gasteiger partial charge in [0.15, 0.2) is 5.78 Å². The zero-order chi connectivity index (χ0) is 9.30. The number of hydrogen-bond donors (Lipinski definition) is 1. The van der Waals surface area contributed by atoms with Gasteiger partial charge < -0.3 is 5.73 Å². The van der Waals surface area contributed by atoms with Gasteiger partial charge in [0.1, 0.15) is 0 Å². The number of nitrogens with two attached hydrogens (primary N) is 1. The van der Waals surface area contributed by atoms with Crippen LogP contribution in [0.15, 0.2) is 6.07 Å². The molecule has 2 N–H and O–H groups in total. The maximum Gasteiger partial charge on any atom is 0.180 e. The fourth-order valence-corrected chi connectivity index (χ4v) is 2.05. The van der Waals surface area contributed by atoms with E-state index < -0.39 is 6.04 Å². The smallest absolute Gasteiger partial charge is 0.180 e. The predicted molar refractivity (Wildman–Crippen MR) is 51.8 cm³/mol. The number of thiophene rings is 1. The third-order valence-corrected chi connectivity index (χ3v) is 2.69. The summed E-state index contributed by atoms with van der Waals surface area (Å²) in [6.07, 6.45) is 0. The topological polar surface area (TPSA) is 43.1 Å². The molecule has 1 heterocycles. The first-order valence-electron chi connectivity index (χ1n) is 3.89. The maximum atomic E-state index is 11.5. The first-order valence-corrected chi connectivity index (χ1v) is 4.71. The number of carbonyl (C=O) groups is 1. The van der Waals surface area contributed by atoms with Gasteiger partial charge in [-0.15, -0.1) is 11.3 Å². The maximum absolute atomic E-state index is 11.5. The normalized spacial score (nSPS) is 13.0. The minimum absolute atomic E-state index is 0.0388. The number of Topliss-reactive ketones (excluding diaryl/α,β-unsaturated/α-hetero) is 1. The van der Waals surface area contributed by atoms with Gasteiger partial charge in [-0.05, 0) is 26.8 Å². The Morgan fingerprint density at radius 2 is 2.17 bits per heavy atom. The second kappa shape index (κ2) is 3.37. The summed E-state index contributed by atoms with van der Waals surface area (Å²) in [5, 5.41) is 0. The van der Waals surface area contributed by atoms with E-state index in [1.807, 2.05) is 19.9 Å². The number of hydrogen-bond acceptors (Lipinski definition) is 3. The molecule has 2 nitrogen and oxygen atoms in total. The second-order valence-corrected chi connectivity index (χ2v) is 4.44. The van der Waals surface area contributed by atoms with Crippen molar-refractivity contribution in [2.45, 2.75) is 26.8 Å². The molecule has 0 saturated carbocycles. The van der Waals surface area contributed by atoms with Gasteiger partial charge >= 0.3 is 0 Å². The Labute approximate surface area is 76.4 Å². The van der Waals surface area contributed by atoms with Crippen LogP contribution in [0.2, 0.25) is 0 Å². The van der Waals surface area contributed by atoms with Crippen LogP contribution in [0.3, 0.4) is 0 Å². The van der Waals surface area contributed by atoms with Crippen LogP contribution in [-0.4, -0.2) is 11.8 Å². The molecule has 1 aromatic heterocycles. The van der Waals surface area contributed by atoms with Crippen LogP contribution in [0.25, 0.3) is 0 Å². The summed E-state index contributed by atoms with van der Waals surface area (Å²) in [5.74, 6) is 0.0388. The van der Waals surface area contributed by atoms with E-state index in [1.165, 1.54) is 0 Å². The SMILES string of the molecule is Cc1cc(C(=O)C(C)N)c(C)s1. The Bertz CT molecular complexity index is 301. The third kappa shape index (κ3) is 1.73. The highest BCUT2D eigenvalue weighted by Gasteiger charge is 2.14. The molecule has 0 aliphatic rings. The van der Waals surface area contributed by atoms with E-state index in [0.29, 0.717) is 0 Å². The molecule has 0 aliphatic heterocycles. The van der Waals surface area contributed by atoms with Crippen LogP contribution < -0.4 is 5.73 Å². The van der Waals surface area contributed by atoms with Crippen LogP contribution in [0.5, 0.6) is 0 Å². The minimum atomic E-state index is -0.391. The van der Waals surface area contributed by atoms with E-state index in [0.717, 1.165) is 15.3 Å². The lowest BCUT2D eigenvalue weighted by molar-refractivity contribution is 0.0968. The van der Waals surface area contributed by atoms with Gasteiger partial charge in [-0.3, -0.25) is 4.79 Å². The van der Waals surface area contributed by atoms with E-state index in [2.05, 4.69) is 0 Å². The van der Waals surface area contributed by atoms with Gasteiger partial charge in [0.25, 0.3) is 0 Å². The molecule has 1 rings (SSSR count). The van der Waals surface area contributed by atoms with Crippen molar-refractivity contribution in [2.75, 3.05) is 0 Å². The minimum Gasteiger partial charge on any atom is -0.321 e. The quantitative estimate of drug-likeness (QED) is 0.711. The summed E-state index contributed by atoms with van der Waals surface area (Å²) in [6, 6.07) is 1.52. The molecule has 0 spiro atoms. The van der Waals surface area contributed by atoms with Crippen LogP contribution in [-0.2, 0) is 0 Å². The molecule has 66 valence electrons. The lowest BCUT2D eigenvalue weighted by Crippen LogP contribution is -2.26. The van der Waals surface area contributed by atoms with Crippen molar-refractivity contribution < 1.29 is 4.79 Å². The summed E-state index contributed by atoms with van der Waals surface area (Å²) < 4.78 is 0. The van der Waals surface area contributed by atoms with Crippen molar-refractivity contribution in [3.8, 4) is 0 Å². The van der Waals surface area contributed by atoms with Gasteiger partial charge in [-0.25, -0.2) is 0 Å². The molecule has 3 heteroatoms. The Kier molecular flexibility index (Phi) is 2.65. The summed E-state index contributed by atoms with van der Waals surface area (Å²) >= 11 is 1.64. The van der Waals surface area contributed by atoms with E-state index >= 15 is 0 Å². The van der Waals surface area contributed by atoms with Crippen LogP contribution in [0, 0.1) is 13.8 Å². The lowest BCUT2D eigenvalue weighted by atomic mass is 10.1. The Hall–Kier alpha value is -0.670. The summed E-state index contributed by atoms with van der Waals surface area (Å²) in [7, 11) is 0. The largest absolute Gasteiger partial charge is 0.321 e. The standard InChI is InChI=1S/C9H13NOS/c1-5-4-8(7(3)12-5)9(11)6(2)10/h4,6H,10H2,1-3H3. The van der Waals surface area contributed by atoms with E-state index in [1.54, 1.807) is 18.3 Å². The molecule has 1 aromatic rings. The molecule has 0 fully saturated rings. The Morgan fingerprint density at radius 1 is 1.58 bits per heavy atom. The molecule has 12 heavy (non-hydrogen) atoms. The molecule has 1 atom stereocenters. The summed E-state index contributed by atoms with van der Waals surface area (Å²) in [5.41, 5.74) is 6.29. The van der Waals surface area contributed by atoms with Crippen molar-refractivity contribution in [2.24, 2.45) is 5.73 Å². The number of ketones is 1. The van der Waals surface area contributed by atoms with Gasteiger partial charge in [-0.2, -0.15) is 0 Å². The molecule has 1 unspecified atom stereocenters. The highest BCUT2D eigenvalue weighted by atomic mass is 32.1.